The van der Waals surface area contributed by atoms with Crippen LogP contribution in [0.2, 0.25) is 0 Å². The van der Waals surface area contributed by atoms with Gasteiger partial charge in [0.15, 0.2) is 0 Å². The van der Waals surface area contributed by atoms with Crippen molar-refractivity contribution >= 4 is 17.5 Å². The van der Waals surface area contributed by atoms with Crippen molar-refractivity contribution in [2.75, 3.05) is 11.9 Å². The average molecular weight is 335 g/mol. The highest BCUT2D eigenvalue weighted by atomic mass is 16.2. The van der Waals surface area contributed by atoms with E-state index in [-0.39, 0.29) is 11.8 Å². The van der Waals surface area contributed by atoms with Crippen molar-refractivity contribution in [3.8, 4) is 6.07 Å². The fraction of sp³-hybridized carbons (Fsp3) is 0.250. The van der Waals surface area contributed by atoms with Crippen LogP contribution in [0.3, 0.4) is 0 Å². The van der Waals surface area contributed by atoms with Crippen molar-refractivity contribution in [2.45, 2.75) is 26.2 Å². The summed E-state index contributed by atoms with van der Waals surface area (Å²) in [6.45, 7) is 2.77. The standard InChI is InChI=1S/C20H21N3O2/c1-2-3-4-13-22-19(24)16-7-9-17(10-8-16)20(25)23-18-11-5-15(14-21)6-12-18/h5-12H,2-4,13H2,1H3,(H,22,24)(H,23,25). The molecule has 25 heavy (non-hydrogen) atoms. The third kappa shape index (κ3) is 5.47. The molecule has 0 spiro atoms. The van der Waals surface area contributed by atoms with Gasteiger partial charge in [0.25, 0.3) is 11.8 Å². The first kappa shape index (κ1) is 18.2. The molecule has 0 heterocycles. The van der Waals surface area contributed by atoms with Crippen LogP contribution in [0.5, 0.6) is 0 Å². The van der Waals surface area contributed by atoms with Gasteiger partial charge in [-0.15, -0.1) is 0 Å². The third-order valence-corrected chi connectivity index (χ3v) is 3.75. The molecule has 0 aromatic heterocycles. The van der Waals surface area contributed by atoms with Crippen LogP contribution < -0.4 is 10.6 Å². The number of hydrogen-bond acceptors (Lipinski definition) is 3. The molecule has 0 radical (unpaired) electrons. The number of rotatable bonds is 7. The minimum absolute atomic E-state index is 0.129. The Labute approximate surface area is 147 Å². The maximum absolute atomic E-state index is 12.2. The van der Waals surface area contributed by atoms with Gasteiger partial charge in [0.05, 0.1) is 11.6 Å². The summed E-state index contributed by atoms with van der Waals surface area (Å²) in [6.07, 6.45) is 3.17. The summed E-state index contributed by atoms with van der Waals surface area (Å²) in [5.41, 5.74) is 2.15. The van der Waals surface area contributed by atoms with Crippen LogP contribution in [0.4, 0.5) is 5.69 Å². The number of benzene rings is 2. The van der Waals surface area contributed by atoms with E-state index < -0.39 is 0 Å². The first-order chi connectivity index (χ1) is 12.1. The number of carbonyl (C=O) groups excluding carboxylic acids is 2. The number of unbranched alkanes of at least 4 members (excludes halogenated alkanes) is 2. The molecule has 2 rings (SSSR count). The van der Waals surface area contributed by atoms with E-state index in [0.29, 0.717) is 28.9 Å². The first-order valence-electron chi connectivity index (χ1n) is 8.34. The number of nitrogens with one attached hydrogen (secondary N) is 2. The molecule has 0 saturated carbocycles. The van der Waals surface area contributed by atoms with E-state index in [4.69, 9.17) is 5.26 Å². The highest BCUT2D eigenvalue weighted by Gasteiger charge is 2.09. The van der Waals surface area contributed by atoms with Crippen LogP contribution in [0.25, 0.3) is 0 Å². The summed E-state index contributed by atoms with van der Waals surface area (Å²) in [5.74, 6) is -0.394. The summed E-state index contributed by atoms with van der Waals surface area (Å²) in [5, 5.41) is 14.4. The van der Waals surface area contributed by atoms with Crippen LogP contribution in [0.15, 0.2) is 48.5 Å². The Hall–Kier alpha value is -3.13. The van der Waals surface area contributed by atoms with E-state index in [1.807, 2.05) is 6.07 Å². The number of amides is 2. The number of anilines is 1. The van der Waals surface area contributed by atoms with Crippen LogP contribution in [0, 0.1) is 11.3 Å². The molecular weight excluding hydrogens is 314 g/mol. The summed E-state index contributed by atoms with van der Waals surface area (Å²) in [6, 6.07) is 15.2. The van der Waals surface area contributed by atoms with Gasteiger partial charge in [-0.05, 0) is 55.0 Å². The monoisotopic (exact) mass is 335 g/mol. The van der Waals surface area contributed by atoms with Crippen LogP contribution in [-0.4, -0.2) is 18.4 Å². The van der Waals surface area contributed by atoms with Gasteiger partial charge in [-0.2, -0.15) is 5.26 Å². The number of carbonyl (C=O) groups is 2. The average Bonchev–Trinajstić information content (AvgIpc) is 2.66. The quantitative estimate of drug-likeness (QED) is 0.756. The van der Waals surface area contributed by atoms with Crippen molar-refractivity contribution in [3.63, 3.8) is 0 Å². The number of nitriles is 1. The van der Waals surface area contributed by atoms with E-state index >= 15 is 0 Å². The zero-order chi connectivity index (χ0) is 18.1. The Morgan fingerprint density at radius 3 is 2.08 bits per heavy atom. The van der Waals surface area contributed by atoms with E-state index in [9.17, 15) is 9.59 Å². The van der Waals surface area contributed by atoms with E-state index in [0.717, 1.165) is 19.3 Å². The molecule has 0 aliphatic rings. The zero-order valence-corrected chi connectivity index (χ0v) is 14.2. The Morgan fingerprint density at radius 1 is 0.920 bits per heavy atom. The molecule has 2 N–H and O–H groups in total. The second-order valence-electron chi connectivity index (χ2n) is 5.68. The van der Waals surface area contributed by atoms with E-state index in [2.05, 4.69) is 17.6 Å². The summed E-state index contributed by atoms with van der Waals surface area (Å²) < 4.78 is 0. The lowest BCUT2D eigenvalue weighted by molar-refractivity contribution is 0.0951. The Morgan fingerprint density at radius 2 is 1.52 bits per heavy atom. The summed E-state index contributed by atoms with van der Waals surface area (Å²) in [7, 11) is 0. The molecule has 2 aromatic rings. The van der Waals surface area contributed by atoms with Crippen molar-refractivity contribution in [3.05, 3.63) is 65.2 Å². The molecule has 0 unspecified atom stereocenters. The molecule has 0 atom stereocenters. The van der Waals surface area contributed by atoms with Crippen molar-refractivity contribution in [1.29, 1.82) is 5.26 Å². The fourth-order valence-corrected chi connectivity index (χ4v) is 2.28. The van der Waals surface area contributed by atoms with Crippen LogP contribution >= 0.6 is 0 Å². The van der Waals surface area contributed by atoms with Gasteiger partial charge in [-0.25, -0.2) is 0 Å². The highest BCUT2D eigenvalue weighted by molar-refractivity contribution is 6.05. The lowest BCUT2D eigenvalue weighted by Gasteiger charge is -2.07. The van der Waals surface area contributed by atoms with Gasteiger partial charge in [0.2, 0.25) is 0 Å². The predicted molar refractivity (Wildman–Crippen MR) is 97.4 cm³/mol. The van der Waals surface area contributed by atoms with Crippen LogP contribution in [0.1, 0.15) is 52.5 Å². The first-order valence-corrected chi connectivity index (χ1v) is 8.34. The SMILES string of the molecule is CCCCCNC(=O)c1ccc(C(=O)Nc2ccc(C#N)cc2)cc1. The molecule has 0 bridgehead atoms. The minimum atomic E-state index is -0.264. The second-order valence-corrected chi connectivity index (χ2v) is 5.68. The molecule has 5 heteroatoms. The summed E-state index contributed by atoms with van der Waals surface area (Å²) in [4.78, 5) is 24.2. The van der Waals surface area contributed by atoms with Crippen LogP contribution in [-0.2, 0) is 0 Å². The van der Waals surface area contributed by atoms with E-state index in [1.54, 1.807) is 48.5 Å². The predicted octanol–water partition coefficient (Wildman–Crippen LogP) is 3.73. The van der Waals surface area contributed by atoms with Gasteiger partial charge in [0.1, 0.15) is 0 Å². The third-order valence-electron chi connectivity index (χ3n) is 3.75. The normalized spacial score (nSPS) is 9.92. The maximum Gasteiger partial charge on any atom is 0.255 e. The zero-order valence-electron chi connectivity index (χ0n) is 14.2. The molecule has 2 aromatic carbocycles. The number of nitrogens with zero attached hydrogens (tertiary/aromatic N) is 1. The second kappa shape index (κ2) is 9.24. The molecule has 0 fully saturated rings. The lowest BCUT2D eigenvalue weighted by atomic mass is 10.1. The number of hydrogen-bond donors (Lipinski definition) is 2. The van der Waals surface area contributed by atoms with Crippen molar-refractivity contribution < 1.29 is 9.59 Å². The minimum Gasteiger partial charge on any atom is -0.352 e. The topological polar surface area (TPSA) is 82.0 Å². The summed E-state index contributed by atoms with van der Waals surface area (Å²) >= 11 is 0. The van der Waals surface area contributed by atoms with E-state index in [1.165, 1.54) is 0 Å². The molecule has 128 valence electrons. The smallest absolute Gasteiger partial charge is 0.255 e. The van der Waals surface area contributed by atoms with Crippen molar-refractivity contribution in [1.82, 2.24) is 5.32 Å². The molecule has 0 aliphatic carbocycles. The molecule has 0 aliphatic heterocycles. The van der Waals surface area contributed by atoms with Gasteiger partial charge in [0, 0.05) is 23.4 Å². The Kier molecular flexibility index (Phi) is 6.73. The Bertz CT molecular complexity index is 759. The largest absolute Gasteiger partial charge is 0.352 e. The molecule has 0 saturated heterocycles. The molecule has 2 amide bonds. The molecule has 5 nitrogen and oxygen atoms in total. The Balaban J connectivity index is 1.93. The van der Waals surface area contributed by atoms with Gasteiger partial charge in [-0.1, -0.05) is 19.8 Å². The fourth-order valence-electron chi connectivity index (χ4n) is 2.28. The van der Waals surface area contributed by atoms with Gasteiger partial charge >= 0.3 is 0 Å². The molecular formula is C20H21N3O2. The van der Waals surface area contributed by atoms with Gasteiger partial charge in [-0.3, -0.25) is 9.59 Å². The van der Waals surface area contributed by atoms with Crippen molar-refractivity contribution in [2.24, 2.45) is 0 Å². The highest BCUT2D eigenvalue weighted by Crippen LogP contribution is 2.12. The lowest BCUT2D eigenvalue weighted by Crippen LogP contribution is -2.24. The maximum atomic E-state index is 12.2. The van der Waals surface area contributed by atoms with Gasteiger partial charge < -0.3 is 10.6 Å².